The fraction of sp³-hybridized carbons (Fsp3) is 0.462. The van der Waals surface area contributed by atoms with Crippen molar-refractivity contribution >= 4 is 5.97 Å². The van der Waals surface area contributed by atoms with Crippen LogP contribution in [0.5, 0.6) is 0 Å². The third kappa shape index (κ3) is 2.93. The fourth-order valence-electron chi connectivity index (χ4n) is 1.83. The van der Waals surface area contributed by atoms with Gasteiger partial charge in [-0.3, -0.25) is 0 Å². The van der Waals surface area contributed by atoms with Crippen molar-refractivity contribution in [3.63, 3.8) is 0 Å². The van der Waals surface area contributed by atoms with E-state index in [1.54, 1.807) is 24.3 Å². The van der Waals surface area contributed by atoms with E-state index in [-0.39, 0.29) is 0 Å². The quantitative estimate of drug-likeness (QED) is 0.645. The van der Waals surface area contributed by atoms with Crippen molar-refractivity contribution < 1.29 is 29.6 Å². The number of hydrogen-bond acceptors (Lipinski definition) is 6. The molecule has 1 fully saturated rings. The summed E-state index contributed by atoms with van der Waals surface area (Å²) in [6, 6.07) is 6.71. The number of rotatable bonds is 3. The van der Waals surface area contributed by atoms with Crippen LogP contribution in [0.25, 0.3) is 0 Å². The fourth-order valence-corrected chi connectivity index (χ4v) is 1.83. The highest BCUT2D eigenvalue weighted by molar-refractivity contribution is 5.89. The summed E-state index contributed by atoms with van der Waals surface area (Å²) < 4.78 is 10.0. The third-order valence-corrected chi connectivity index (χ3v) is 3.01. The molecule has 3 N–H and O–H groups in total. The Kier molecular flexibility index (Phi) is 4.16. The van der Waals surface area contributed by atoms with Gasteiger partial charge in [-0.25, -0.2) is 4.79 Å². The van der Waals surface area contributed by atoms with Gasteiger partial charge in [0.1, 0.15) is 18.3 Å². The van der Waals surface area contributed by atoms with Crippen molar-refractivity contribution in [2.75, 3.05) is 6.61 Å². The molecule has 104 valence electrons. The summed E-state index contributed by atoms with van der Waals surface area (Å²) in [4.78, 5) is 11.8. The predicted molar refractivity (Wildman–Crippen MR) is 64.4 cm³/mol. The molecule has 0 spiro atoms. The molecule has 19 heavy (non-hydrogen) atoms. The van der Waals surface area contributed by atoms with Crippen molar-refractivity contribution in [2.45, 2.75) is 31.5 Å². The first-order chi connectivity index (χ1) is 9.02. The number of aliphatic hydroxyl groups excluding tert-OH is 3. The molecule has 0 aromatic heterocycles. The molecule has 1 unspecified atom stereocenters. The van der Waals surface area contributed by atoms with Crippen LogP contribution in [-0.4, -0.2) is 52.5 Å². The topological polar surface area (TPSA) is 96.2 Å². The zero-order valence-electron chi connectivity index (χ0n) is 10.4. The van der Waals surface area contributed by atoms with Crippen LogP contribution in [0.2, 0.25) is 0 Å². The van der Waals surface area contributed by atoms with Gasteiger partial charge in [0.2, 0.25) is 6.29 Å². The summed E-state index contributed by atoms with van der Waals surface area (Å²) in [5.74, 6) is -0.658. The van der Waals surface area contributed by atoms with E-state index in [0.717, 1.165) is 5.56 Å². The zero-order valence-corrected chi connectivity index (χ0v) is 10.4. The molecule has 1 saturated heterocycles. The molecule has 6 heteroatoms. The van der Waals surface area contributed by atoms with Gasteiger partial charge in [0.05, 0.1) is 12.2 Å². The zero-order chi connectivity index (χ0) is 14.0. The maximum atomic E-state index is 11.8. The number of aliphatic hydroxyl groups is 3. The molecule has 4 atom stereocenters. The molecule has 0 aliphatic carbocycles. The first-order valence-electron chi connectivity index (χ1n) is 5.93. The lowest BCUT2D eigenvalue weighted by molar-refractivity contribution is -0.139. The van der Waals surface area contributed by atoms with Gasteiger partial charge in [0.25, 0.3) is 0 Å². The standard InChI is InChI=1S/C13H16O6/c1-7-2-4-8(5-3-7)12(17)19-13-11(16)10(15)9(6-14)18-13/h2-5,9-11,13-16H,6H2,1H3/t9-,10-,11-,13?/m1/s1. The summed E-state index contributed by atoms with van der Waals surface area (Å²) in [6.45, 7) is 1.43. The second-order valence-corrected chi connectivity index (χ2v) is 4.48. The molecule has 1 aromatic rings. The molecule has 0 bridgehead atoms. The Morgan fingerprint density at radius 3 is 2.42 bits per heavy atom. The molecular weight excluding hydrogens is 252 g/mol. The van der Waals surface area contributed by atoms with Crippen LogP contribution in [0.3, 0.4) is 0 Å². The molecule has 1 aliphatic rings. The van der Waals surface area contributed by atoms with E-state index in [1.165, 1.54) is 0 Å². The van der Waals surface area contributed by atoms with E-state index in [9.17, 15) is 15.0 Å². The van der Waals surface area contributed by atoms with E-state index in [0.29, 0.717) is 5.56 Å². The maximum absolute atomic E-state index is 11.8. The van der Waals surface area contributed by atoms with Crippen LogP contribution in [0.4, 0.5) is 0 Å². The van der Waals surface area contributed by atoms with Gasteiger partial charge in [-0.05, 0) is 19.1 Å². The van der Waals surface area contributed by atoms with Crippen molar-refractivity contribution in [1.29, 1.82) is 0 Å². The molecule has 2 rings (SSSR count). The van der Waals surface area contributed by atoms with Gasteiger partial charge in [-0.1, -0.05) is 17.7 Å². The van der Waals surface area contributed by atoms with Gasteiger partial charge in [-0.2, -0.15) is 0 Å². The van der Waals surface area contributed by atoms with Crippen LogP contribution in [0.1, 0.15) is 15.9 Å². The first kappa shape index (κ1) is 14.0. The normalized spacial score (nSPS) is 30.3. The minimum absolute atomic E-state index is 0.323. The van der Waals surface area contributed by atoms with Crippen LogP contribution < -0.4 is 0 Å². The Hall–Kier alpha value is -1.47. The van der Waals surface area contributed by atoms with E-state index in [2.05, 4.69) is 0 Å². The third-order valence-electron chi connectivity index (χ3n) is 3.01. The Balaban J connectivity index is 2.01. The molecular formula is C13H16O6. The Bertz CT molecular complexity index is 443. The van der Waals surface area contributed by atoms with Crippen molar-refractivity contribution in [3.8, 4) is 0 Å². The Morgan fingerprint density at radius 2 is 1.89 bits per heavy atom. The molecule has 0 radical (unpaired) electrons. The van der Waals surface area contributed by atoms with E-state index < -0.39 is 37.2 Å². The lowest BCUT2D eigenvalue weighted by Crippen LogP contribution is -2.35. The Morgan fingerprint density at radius 1 is 1.26 bits per heavy atom. The maximum Gasteiger partial charge on any atom is 0.340 e. The lowest BCUT2D eigenvalue weighted by Gasteiger charge is -2.15. The average molecular weight is 268 g/mol. The molecule has 1 aromatic carbocycles. The van der Waals surface area contributed by atoms with Crippen LogP contribution in [0.15, 0.2) is 24.3 Å². The summed E-state index contributed by atoms with van der Waals surface area (Å²) in [6.07, 6.45) is -4.88. The first-order valence-corrected chi connectivity index (χ1v) is 5.93. The number of carbonyl (C=O) groups excluding carboxylic acids is 1. The minimum atomic E-state index is -1.37. The van der Waals surface area contributed by atoms with Crippen LogP contribution in [0, 0.1) is 6.92 Å². The lowest BCUT2D eigenvalue weighted by atomic mass is 10.1. The predicted octanol–water partition coefficient (Wildman–Crippen LogP) is -0.409. The largest absolute Gasteiger partial charge is 0.429 e. The van der Waals surface area contributed by atoms with Crippen molar-refractivity contribution in [1.82, 2.24) is 0 Å². The SMILES string of the molecule is Cc1ccc(C(=O)OC2O[C@H](CO)[C@@H](O)[C@H]2O)cc1. The Labute approximate surface area is 110 Å². The van der Waals surface area contributed by atoms with Gasteiger partial charge in [0, 0.05) is 0 Å². The highest BCUT2D eigenvalue weighted by atomic mass is 16.7. The number of aryl methyl sites for hydroxylation is 1. The monoisotopic (exact) mass is 268 g/mol. The minimum Gasteiger partial charge on any atom is -0.429 e. The summed E-state index contributed by atoms with van der Waals surface area (Å²) >= 11 is 0. The molecule has 0 saturated carbocycles. The van der Waals surface area contributed by atoms with Crippen molar-refractivity contribution in [3.05, 3.63) is 35.4 Å². The van der Waals surface area contributed by atoms with Gasteiger partial charge >= 0.3 is 5.97 Å². The van der Waals surface area contributed by atoms with Crippen LogP contribution >= 0.6 is 0 Å². The van der Waals surface area contributed by atoms with Gasteiger partial charge in [-0.15, -0.1) is 0 Å². The second kappa shape index (κ2) is 5.66. The highest BCUT2D eigenvalue weighted by Gasteiger charge is 2.44. The summed E-state index contributed by atoms with van der Waals surface area (Å²) in [5, 5.41) is 28.1. The van der Waals surface area contributed by atoms with Crippen LogP contribution in [-0.2, 0) is 9.47 Å². The van der Waals surface area contributed by atoms with E-state index in [4.69, 9.17) is 14.6 Å². The molecule has 6 nitrogen and oxygen atoms in total. The van der Waals surface area contributed by atoms with E-state index in [1.807, 2.05) is 6.92 Å². The number of ether oxygens (including phenoxy) is 2. The number of benzene rings is 1. The average Bonchev–Trinajstić information content (AvgIpc) is 2.67. The summed E-state index contributed by atoms with van der Waals surface area (Å²) in [7, 11) is 0. The molecule has 0 amide bonds. The van der Waals surface area contributed by atoms with Gasteiger partial charge in [0.15, 0.2) is 0 Å². The highest BCUT2D eigenvalue weighted by Crippen LogP contribution is 2.23. The smallest absolute Gasteiger partial charge is 0.340 e. The second-order valence-electron chi connectivity index (χ2n) is 4.48. The van der Waals surface area contributed by atoms with Gasteiger partial charge < -0.3 is 24.8 Å². The molecule has 1 heterocycles. The number of carbonyl (C=O) groups is 1. The molecule has 1 aliphatic heterocycles. The van der Waals surface area contributed by atoms with E-state index >= 15 is 0 Å². The summed E-state index contributed by atoms with van der Waals surface area (Å²) in [5.41, 5.74) is 1.33. The number of esters is 1. The number of hydrogen-bond donors (Lipinski definition) is 3. The van der Waals surface area contributed by atoms with Crippen molar-refractivity contribution in [2.24, 2.45) is 0 Å².